The van der Waals surface area contributed by atoms with Gasteiger partial charge in [0.1, 0.15) is 18.8 Å². The smallest absolute Gasteiger partial charge is 0.151 e. The minimum absolute atomic E-state index is 0.320. The lowest BCUT2D eigenvalue weighted by molar-refractivity contribution is -0.118. The fourth-order valence-electron chi connectivity index (χ4n) is 2.58. The Labute approximate surface area is 141 Å². The second-order valence-corrected chi connectivity index (χ2v) is 5.62. The van der Waals surface area contributed by atoms with Crippen LogP contribution in [0.15, 0.2) is 72.5 Å². The molecule has 2 atom stereocenters. The van der Waals surface area contributed by atoms with Crippen molar-refractivity contribution in [3.8, 4) is 0 Å². The molecule has 1 aliphatic heterocycles. The highest BCUT2D eigenvalue weighted by molar-refractivity contribution is 5.74. The number of rotatable bonds is 7. The van der Waals surface area contributed by atoms with Crippen LogP contribution >= 0.6 is 0 Å². The molecular formula is C20H20O4. The Hall–Kier alpha value is -2.43. The standard InChI is InChI=1S/C20H20O4/c21-11-18-14-22-15-19(23-12-16-7-3-1-4-8-16)20(18)24-13-17-9-5-2-6-10-17/h1-11,14,19-20H,12-13,15H2/t19-,20+/m0/s1. The van der Waals surface area contributed by atoms with Crippen LogP contribution < -0.4 is 0 Å². The fraction of sp³-hybridized carbons (Fsp3) is 0.250. The zero-order chi connectivity index (χ0) is 16.6. The molecule has 0 amide bonds. The summed E-state index contributed by atoms with van der Waals surface area (Å²) in [4.78, 5) is 11.3. The zero-order valence-electron chi connectivity index (χ0n) is 13.3. The van der Waals surface area contributed by atoms with Crippen LogP contribution in [0.4, 0.5) is 0 Å². The van der Waals surface area contributed by atoms with Crippen LogP contribution in [0.5, 0.6) is 0 Å². The lowest BCUT2D eigenvalue weighted by atomic mass is 10.0. The van der Waals surface area contributed by atoms with Gasteiger partial charge in [0.2, 0.25) is 0 Å². The van der Waals surface area contributed by atoms with Crippen LogP contribution in [0.25, 0.3) is 0 Å². The molecule has 4 heteroatoms. The van der Waals surface area contributed by atoms with E-state index in [0.717, 1.165) is 17.4 Å². The Morgan fingerprint density at radius 1 is 0.917 bits per heavy atom. The Balaban J connectivity index is 1.64. The van der Waals surface area contributed by atoms with Gasteiger partial charge in [-0.1, -0.05) is 60.7 Å². The van der Waals surface area contributed by atoms with Gasteiger partial charge in [0.05, 0.1) is 25.0 Å². The van der Waals surface area contributed by atoms with E-state index in [1.54, 1.807) is 0 Å². The average molecular weight is 324 g/mol. The van der Waals surface area contributed by atoms with E-state index in [9.17, 15) is 4.79 Å². The van der Waals surface area contributed by atoms with E-state index in [-0.39, 0.29) is 6.10 Å². The molecule has 0 radical (unpaired) electrons. The van der Waals surface area contributed by atoms with Crippen LogP contribution in [0.1, 0.15) is 11.1 Å². The van der Waals surface area contributed by atoms with Crippen molar-refractivity contribution in [2.24, 2.45) is 0 Å². The molecule has 2 aromatic rings. The van der Waals surface area contributed by atoms with E-state index in [1.165, 1.54) is 6.26 Å². The second kappa shape index (κ2) is 8.43. The molecule has 0 bridgehead atoms. The van der Waals surface area contributed by atoms with Gasteiger partial charge in [-0.3, -0.25) is 4.79 Å². The molecule has 1 aliphatic rings. The SMILES string of the molecule is O=CC1=COC[C@H](OCc2ccccc2)[C@@H]1OCc1ccccc1. The molecule has 0 aliphatic carbocycles. The summed E-state index contributed by atoms with van der Waals surface area (Å²) in [6, 6.07) is 19.8. The summed E-state index contributed by atoms with van der Waals surface area (Å²) in [6.07, 6.45) is 1.48. The quantitative estimate of drug-likeness (QED) is 0.733. The van der Waals surface area contributed by atoms with E-state index in [4.69, 9.17) is 14.2 Å². The van der Waals surface area contributed by atoms with Gasteiger partial charge in [0.15, 0.2) is 6.29 Å². The van der Waals surface area contributed by atoms with Gasteiger partial charge in [-0.2, -0.15) is 0 Å². The van der Waals surface area contributed by atoms with E-state index >= 15 is 0 Å². The summed E-state index contributed by atoms with van der Waals surface area (Å²) in [5, 5.41) is 0. The first kappa shape index (κ1) is 16.4. The van der Waals surface area contributed by atoms with E-state index in [1.807, 2.05) is 60.7 Å². The first-order valence-electron chi connectivity index (χ1n) is 7.94. The number of hydrogen-bond acceptors (Lipinski definition) is 4. The van der Waals surface area contributed by atoms with Crippen molar-refractivity contribution in [3.63, 3.8) is 0 Å². The first-order valence-corrected chi connectivity index (χ1v) is 7.94. The van der Waals surface area contributed by atoms with Gasteiger partial charge in [-0.15, -0.1) is 0 Å². The molecule has 0 unspecified atom stereocenters. The maximum Gasteiger partial charge on any atom is 0.151 e. The maximum atomic E-state index is 11.3. The minimum atomic E-state index is -0.430. The predicted octanol–water partition coefficient (Wildman–Crippen LogP) is 3.27. The topological polar surface area (TPSA) is 44.8 Å². The van der Waals surface area contributed by atoms with Crippen molar-refractivity contribution in [2.75, 3.05) is 6.61 Å². The number of ether oxygens (including phenoxy) is 3. The summed E-state index contributed by atoms with van der Waals surface area (Å²) >= 11 is 0. The highest BCUT2D eigenvalue weighted by Gasteiger charge is 2.31. The molecule has 0 fully saturated rings. The highest BCUT2D eigenvalue weighted by atomic mass is 16.6. The summed E-state index contributed by atoms with van der Waals surface area (Å²) in [6.45, 7) is 1.23. The summed E-state index contributed by atoms with van der Waals surface area (Å²) < 4.78 is 17.3. The van der Waals surface area contributed by atoms with Crippen molar-refractivity contribution >= 4 is 6.29 Å². The number of benzene rings is 2. The molecule has 0 aromatic heterocycles. The minimum Gasteiger partial charge on any atom is -0.498 e. The fourth-order valence-corrected chi connectivity index (χ4v) is 2.58. The first-order chi connectivity index (χ1) is 11.9. The van der Waals surface area contributed by atoms with Gasteiger partial charge in [-0.05, 0) is 11.1 Å². The Bertz CT molecular complexity index is 667. The number of hydrogen-bond donors (Lipinski definition) is 0. The van der Waals surface area contributed by atoms with E-state index in [0.29, 0.717) is 25.4 Å². The average Bonchev–Trinajstić information content (AvgIpc) is 2.66. The third kappa shape index (κ3) is 4.31. The van der Waals surface area contributed by atoms with Crippen molar-refractivity contribution in [1.82, 2.24) is 0 Å². The van der Waals surface area contributed by atoms with Crippen molar-refractivity contribution < 1.29 is 19.0 Å². The molecular weight excluding hydrogens is 304 g/mol. The Morgan fingerprint density at radius 3 is 2.08 bits per heavy atom. The lowest BCUT2D eigenvalue weighted by Gasteiger charge is -2.30. The number of carbonyl (C=O) groups is 1. The van der Waals surface area contributed by atoms with Crippen LogP contribution in [0, 0.1) is 0 Å². The molecule has 0 saturated carbocycles. The maximum absolute atomic E-state index is 11.3. The third-order valence-corrected chi connectivity index (χ3v) is 3.86. The van der Waals surface area contributed by atoms with Gasteiger partial charge in [0.25, 0.3) is 0 Å². The summed E-state index contributed by atoms with van der Waals surface area (Å²) in [7, 11) is 0. The van der Waals surface area contributed by atoms with Crippen LogP contribution in [0.2, 0.25) is 0 Å². The highest BCUT2D eigenvalue weighted by Crippen LogP contribution is 2.21. The van der Waals surface area contributed by atoms with Gasteiger partial charge >= 0.3 is 0 Å². The molecule has 2 aromatic carbocycles. The monoisotopic (exact) mass is 324 g/mol. The molecule has 0 spiro atoms. The summed E-state index contributed by atoms with van der Waals surface area (Å²) in [5.41, 5.74) is 2.59. The molecule has 0 saturated heterocycles. The Kier molecular flexibility index (Phi) is 5.77. The number of aldehydes is 1. The predicted molar refractivity (Wildman–Crippen MR) is 90.1 cm³/mol. The van der Waals surface area contributed by atoms with Crippen molar-refractivity contribution in [3.05, 3.63) is 83.6 Å². The van der Waals surface area contributed by atoms with E-state index < -0.39 is 6.10 Å². The van der Waals surface area contributed by atoms with Crippen LogP contribution in [0.3, 0.4) is 0 Å². The third-order valence-electron chi connectivity index (χ3n) is 3.86. The molecule has 124 valence electrons. The number of carbonyl (C=O) groups excluding carboxylic acids is 1. The molecule has 1 heterocycles. The lowest BCUT2D eigenvalue weighted by Crippen LogP contribution is -2.40. The molecule has 3 rings (SSSR count). The molecule has 24 heavy (non-hydrogen) atoms. The van der Waals surface area contributed by atoms with Crippen molar-refractivity contribution in [2.45, 2.75) is 25.4 Å². The Morgan fingerprint density at radius 2 is 1.50 bits per heavy atom. The largest absolute Gasteiger partial charge is 0.498 e. The van der Waals surface area contributed by atoms with Crippen LogP contribution in [-0.4, -0.2) is 25.1 Å². The van der Waals surface area contributed by atoms with Crippen molar-refractivity contribution in [1.29, 1.82) is 0 Å². The summed E-state index contributed by atoms with van der Waals surface area (Å²) in [5.74, 6) is 0. The second-order valence-electron chi connectivity index (χ2n) is 5.62. The van der Waals surface area contributed by atoms with E-state index in [2.05, 4.69) is 0 Å². The molecule has 4 nitrogen and oxygen atoms in total. The van der Waals surface area contributed by atoms with Gasteiger partial charge < -0.3 is 14.2 Å². The van der Waals surface area contributed by atoms with Gasteiger partial charge in [0, 0.05) is 0 Å². The zero-order valence-corrected chi connectivity index (χ0v) is 13.3. The normalized spacial score (nSPS) is 20.1. The van der Waals surface area contributed by atoms with Crippen LogP contribution in [-0.2, 0) is 32.2 Å². The van der Waals surface area contributed by atoms with Gasteiger partial charge in [-0.25, -0.2) is 0 Å². The molecule has 0 N–H and O–H groups in total.